The van der Waals surface area contributed by atoms with Gasteiger partial charge in [-0.15, -0.1) is 0 Å². The van der Waals surface area contributed by atoms with Crippen LogP contribution in [0.2, 0.25) is 0 Å². The van der Waals surface area contributed by atoms with Gasteiger partial charge in [0.15, 0.2) is 5.65 Å². The molecule has 3 aromatic heterocycles. The zero-order chi connectivity index (χ0) is 23.9. The van der Waals surface area contributed by atoms with Crippen molar-refractivity contribution in [2.24, 2.45) is 0 Å². The highest BCUT2D eigenvalue weighted by molar-refractivity contribution is 5.73. The van der Waals surface area contributed by atoms with Crippen LogP contribution in [0.5, 0.6) is 0 Å². The third kappa shape index (κ3) is 4.19. The van der Waals surface area contributed by atoms with E-state index < -0.39 is 11.5 Å². The second-order valence-corrected chi connectivity index (χ2v) is 9.01. The largest absolute Gasteiger partial charge is 0.310 e. The normalized spacial score (nSPS) is 20.4. The van der Waals surface area contributed by atoms with E-state index in [2.05, 4.69) is 20.1 Å². The van der Waals surface area contributed by atoms with Crippen molar-refractivity contribution in [3.8, 4) is 17.2 Å². The molecular formula is C25H22F2N6O. The second kappa shape index (κ2) is 8.45. The van der Waals surface area contributed by atoms with E-state index in [1.54, 1.807) is 29.8 Å². The molecule has 3 heterocycles. The summed E-state index contributed by atoms with van der Waals surface area (Å²) in [4.78, 5) is 24.3. The number of pyridine rings is 1. The molecular weight excluding hydrogens is 438 g/mol. The smallest absolute Gasteiger partial charge is 0.262 e. The van der Waals surface area contributed by atoms with Crippen molar-refractivity contribution in [2.75, 3.05) is 0 Å². The molecule has 0 unspecified atom stereocenters. The standard InChI is InChI=1S/C25H22F2N6O/c1-25(27)8-6-19(7-9-25)33-23-21(14-30-33)24(34)32-22(31-23)10-15-2-4-17(26)11-20(15)16-3-5-18(12-28)29-13-16/h2-5,11,13-14,19H,6-10H2,1H3,(H,31,32,34). The van der Waals surface area contributed by atoms with Crippen LogP contribution >= 0.6 is 0 Å². The third-order valence-corrected chi connectivity index (χ3v) is 6.47. The molecule has 0 radical (unpaired) electrons. The number of aromatic amines is 1. The number of halogens is 2. The molecule has 0 atom stereocenters. The van der Waals surface area contributed by atoms with E-state index in [0.29, 0.717) is 53.7 Å². The number of H-pyrrole nitrogens is 1. The van der Waals surface area contributed by atoms with Gasteiger partial charge in [-0.3, -0.25) is 4.79 Å². The Morgan fingerprint density at radius 2 is 2.03 bits per heavy atom. The number of rotatable bonds is 4. The van der Waals surface area contributed by atoms with Gasteiger partial charge in [0, 0.05) is 18.2 Å². The summed E-state index contributed by atoms with van der Waals surface area (Å²) in [5.74, 6) is 0.00936. The molecule has 1 fully saturated rings. The first-order valence-electron chi connectivity index (χ1n) is 11.1. The quantitative estimate of drug-likeness (QED) is 0.479. The van der Waals surface area contributed by atoms with Crippen LogP contribution in [0.1, 0.15) is 55.7 Å². The molecule has 172 valence electrons. The maximum Gasteiger partial charge on any atom is 0.262 e. The molecule has 0 saturated heterocycles. The monoisotopic (exact) mass is 460 g/mol. The van der Waals surface area contributed by atoms with Crippen LogP contribution in [-0.2, 0) is 6.42 Å². The summed E-state index contributed by atoms with van der Waals surface area (Å²) in [6, 6.07) is 9.62. The van der Waals surface area contributed by atoms with Gasteiger partial charge < -0.3 is 4.98 Å². The average Bonchev–Trinajstić information content (AvgIpc) is 3.25. The Balaban J connectivity index is 1.51. The predicted molar refractivity (Wildman–Crippen MR) is 122 cm³/mol. The van der Waals surface area contributed by atoms with E-state index >= 15 is 0 Å². The van der Waals surface area contributed by atoms with Gasteiger partial charge in [0.05, 0.1) is 12.2 Å². The maximum absolute atomic E-state index is 14.3. The molecule has 9 heteroatoms. The van der Waals surface area contributed by atoms with Crippen LogP contribution in [-0.4, -0.2) is 30.4 Å². The molecule has 0 aliphatic heterocycles. The van der Waals surface area contributed by atoms with Crippen LogP contribution in [0, 0.1) is 17.1 Å². The summed E-state index contributed by atoms with van der Waals surface area (Å²) >= 11 is 0. The highest BCUT2D eigenvalue weighted by Crippen LogP contribution is 2.37. The van der Waals surface area contributed by atoms with Crippen LogP contribution in [0.4, 0.5) is 8.78 Å². The molecule has 0 amide bonds. The third-order valence-electron chi connectivity index (χ3n) is 6.47. The molecule has 34 heavy (non-hydrogen) atoms. The number of fused-ring (bicyclic) bond motifs is 1. The number of aromatic nitrogens is 5. The summed E-state index contributed by atoms with van der Waals surface area (Å²) < 4.78 is 30.1. The van der Waals surface area contributed by atoms with Crippen molar-refractivity contribution in [1.82, 2.24) is 24.7 Å². The van der Waals surface area contributed by atoms with E-state index in [1.807, 2.05) is 6.07 Å². The van der Waals surface area contributed by atoms with E-state index in [1.165, 1.54) is 24.5 Å². The zero-order valence-electron chi connectivity index (χ0n) is 18.6. The van der Waals surface area contributed by atoms with Gasteiger partial charge >= 0.3 is 0 Å². The zero-order valence-corrected chi connectivity index (χ0v) is 18.6. The Labute approximate surface area is 194 Å². The highest BCUT2D eigenvalue weighted by Gasteiger charge is 2.32. The Hall–Kier alpha value is -3.93. The molecule has 5 rings (SSSR count). The van der Waals surface area contributed by atoms with Crippen molar-refractivity contribution >= 4 is 11.0 Å². The van der Waals surface area contributed by atoms with Crippen LogP contribution in [0.3, 0.4) is 0 Å². The van der Waals surface area contributed by atoms with Gasteiger partial charge in [0.25, 0.3) is 5.56 Å². The molecule has 0 spiro atoms. The highest BCUT2D eigenvalue weighted by atomic mass is 19.1. The summed E-state index contributed by atoms with van der Waals surface area (Å²) in [6.45, 7) is 1.62. The lowest BCUT2D eigenvalue weighted by Gasteiger charge is -2.31. The van der Waals surface area contributed by atoms with E-state index in [-0.39, 0.29) is 23.7 Å². The molecule has 1 N–H and O–H groups in total. The fourth-order valence-electron chi connectivity index (χ4n) is 4.55. The minimum atomic E-state index is -1.17. The Morgan fingerprint density at radius 1 is 1.24 bits per heavy atom. The van der Waals surface area contributed by atoms with Crippen molar-refractivity contribution < 1.29 is 8.78 Å². The van der Waals surface area contributed by atoms with Gasteiger partial charge in [-0.05, 0) is 68.0 Å². The Bertz CT molecular complexity index is 1460. The number of hydrogen-bond acceptors (Lipinski definition) is 5. The summed E-state index contributed by atoms with van der Waals surface area (Å²) in [7, 11) is 0. The Morgan fingerprint density at radius 3 is 2.74 bits per heavy atom. The van der Waals surface area contributed by atoms with Crippen LogP contribution in [0.25, 0.3) is 22.2 Å². The molecule has 1 saturated carbocycles. The van der Waals surface area contributed by atoms with Crippen molar-refractivity contribution in [1.29, 1.82) is 5.26 Å². The number of nitrogens with one attached hydrogen (secondary N) is 1. The average molecular weight is 460 g/mol. The first-order valence-corrected chi connectivity index (χ1v) is 11.1. The van der Waals surface area contributed by atoms with Crippen molar-refractivity contribution in [3.63, 3.8) is 0 Å². The topological polar surface area (TPSA) is 100 Å². The summed E-state index contributed by atoms with van der Waals surface area (Å²) in [6.07, 6.45) is 5.40. The molecule has 1 aliphatic carbocycles. The van der Waals surface area contributed by atoms with Gasteiger partial charge in [-0.1, -0.05) is 6.07 Å². The van der Waals surface area contributed by atoms with Gasteiger partial charge in [0.2, 0.25) is 0 Å². The lowest BCUT2D eigenvalue weighted by molar-refractivity contribution is 0.103. The minimum absolute atomic E-state index is 0.0189. The summed E-state index contributed by atoms with van der Waals surface area (Å²) in [5.41, 5.74) is 1.25. The lowest BCUT2D eigenvalue weighted by atomic mass is 9.85. The maximum atomic E-state index is 14.3. The number of benzene rings is 1. The molecule has 0 bridgehead atoms. The summed E-state index contributed by atoms with van der Waals surface area (Å²) in [5, 5.41) is 13.8. The second-order valence-electron chi connectivity index (χ2n) is 9.01. The molecule has 1 aromatic carbocycles. The lowest BCUT2D eigenvalue weighted by Crippen LogP contribution is -2.28. The molecule has 7 nitrogen and oxygen atoms in total. The van der Waals surface area contributed by atoms with Crippen molar-refractivity contribution in [3.05, 3.63) is 76.0 Å². The predicted octanol–water partition coefficient (Wildman–Crippen LogP) is 4.63. The van der Waals surface area contributed by atoms with E-state index in [4.69, 9.17) is 5.26 Å². The van der Waals surface area contributed by atoms with Gasteiger partial charge in [-0.25, -0.2) is 23.4 Å². The van der Waals surface area contributed by atoms with Crippen LogP contribution in [0.15, 0.2) is 47.5 Å². The fraction of sp³-hybridized carbons (Fsp3) is 0.320. The minimum Gasteiger partial charge on any atom is -0.310 e. The number of nitriles is 1. The molecule has 4 aromatic rings. The van der Waals surface area contributed by atoms with Gasteiger partial charge in [0.1, 0.15) is 34.5 Å². The number of nitrogens with zero attached hydrogens (tertiary/aromatic N) is 5. The Kier molecular flexibility index (Phi) is 5.44. The fourth-order valence-corrected chi connectivity index (χ4v) is 4.55. The SMILES string of the molecule is CC1(F)CCC(n2ncc3c(=O)[nH]c(Cc4ccc(F)cc4-c4ccc(C#N)nc4)nc32)CC1. The van der Waals surface area contributed by atoms with Gasteiger partial charge in [-0.2, -0.15) is 10.4 Å². The molecule has 1 aliphatic rings. The first kappa shape index (κ1) is 21.9. The van der Waals surface area contributed by atoms with Crippen LogP contribution < -0.4 is 5.56 Å². The van der Waals surface area contributed by atoms with E-state index in [9.17, 15) is 13.6 Å². The number of alkyl halides is 1. The van der Waals surface area contributed by atoms with E-state index in [0.717, 1.165) is 5.56 Å². The first-order chi connectivity index (χ1) is 16.3. The van der Waals surface area contributed by atoms with Crippen molar-refractivity contribution in [2.45, 2.75) is 50.7 Å². The number of hydrogen-bond donors (Lipinski definition) is 1.